The third-order valence-electron chi connectivity index (χ3n) is 2.61. The number of anilines is 1. The predicted molar refractivity (Wildman–Crippen MR) is 79.1 cm³/mol. The van der Waals surface area contributed by atoms with Gasteiger partial charge in [0.25, 0.3) is 0 Å². The standard InChI is InChI=1S/C13H10BrN3OS/c14-11-4-5-19-12(11)7-15-10-3-1-2-9(6-10)13-17-16-8-18-13/h1-6,8,15H,7H2. The second-order valence-electron chi connectivity index (χ2n) is 3.87. The van der Waals surface area contributed by atoms with Crippen molar-refractivity contribution >= 4 is 33.0 Å². The molecule has 0 saturated carbocycles. The molecule has 1 N–H and O–H groups in total. The molecule has 19 heavy (non-hydrogen) atoms. The molecule has 1 aromatic carbocycles. The summed E-state index contributed by atoms with van der Waals surface area (Å²) in [5, 5.41) is 13.0. The summed E-state index contributed by atoms with van der Waals surface area (Å²) in [4.78, 5) is 1.27. The summed E-state index contributed by atoms with van der Waals surface area (Å²) < 4.78 is 6.33. The van der Waals surface area contributed by atoms with E-state index >= 15 is 0 Å². The molecule has 2 aromatic heterocycles. The highest BCUT2D eigenvalue weighted by Crippen LogP contribution is 2.25. The van der Waals surface area contributed by atoms with Gasteiger partial charge < -0.3 is 9.73 Å². The Morgan fingerprint density at radius 3 is 3.00 bits per heavy atom. The highest BCUT2D eigenvalue weighted by atomic mass is 79.9. The van der Waals surface area contributed by atoms with E-state index < -0.39 is 0 Å². The fraction of sp³-hybridized carbons (Fsp3) is 0.0769. The number of hydrogen-bond donors (Lipinski definition) is 1. The number of aromatic nitrogens is 2. The maximum Gasteiger partial charge on any atom is 0.247 e. The van der Waals surface area contributed by atoms with Gasteiger partial charge in [0.2, 0.25) is 12.3 Å². The molecule has 0 fully saturated rings. The van der Waals surface area contributed by atoms with Gasteiger partial charge in [-0.25, -0.2) is 0 Å². The molecular weight excluding hydrogens is 326 g/mol. The second-order valence-corrected chi connectivity index (χ2v) is 5.72. The van der Waals surface area contributed by atoms with E-state index in [1.54, 1.807) is 11.3 Å². The summed E-state index contributed by atoms with van der Waals surface area (Å²) in [5.74, 6) is 0.529. The largest absolute Gasteiger partial charge is 0.423 e. The lowest BCUT2D eigenvalue weighted by molar-refractivity contribution is 0.568. The highest BCUT2D eigenvalue weighted by Gasteiger charge is 2.05. The number of rotatable bonds is 4. The zero-order valence-corrected chi connectivity index (χ0v) is 12.2. The Bertz CT molecular complexity index is 666. The second kappa shape index (κ2) is 5.54. The lowest BCUT2D eigenvalue weighted by Crippen LogP contribution is -1.97. The van der Waals surface area contributed by atoms with Crippen molar-refractivity contribution in [3.05, 3.63) is 51.5 Å². The molecule has 0 saturated heterocycles. The van der Waals surface area contributed by atoms with Crippen LogP contribution in [0.4, 0.5) is 5.69 Å². The zero-order valence-electron chi connectivity index (χ0n) is 9.84. The molecule has 2 heterocycles. The van der Waals surface area contributed by atoms with Crippen LogP contribution in [0.1, 0.15) is 4.88 Å². The van der Waals surface area contributed by atoms with Crippen LogP contribution >= 0.6 is 27.3 Å². The smallest absolute Gasteiger partial charge is 0.247 e. The molecule has 0 aliphatic rings. The van der Waals surface area contributed by atoms with Crippen LogP contribution in [0.15, 0.2) is 51.0 Å². The minimum Gasteiger partial charge on any atom is -0.423 e. The molecule has 0 aliphatic carbocycles. The third kappa shape index (κ3) is 2.85. The first-order valence-electron chi connectivity index (χ1n) is 5.65. The van der Waals surface area contributed by atoms with Crippen molar-refractivity contribution in [2.45, 2.75) is 6.54 Å². The van der Waals surface area contributed by atoms with Crippen LogP contribution in [0.3, 0.4) is 0 Å². The summed E-state index contributed by atoms with van der Waals surface area (Å²) in [7, 11) is 0. The molecule has 0 aliphatic heterocycles. The van der Waals surface area contributed by atoms with Crippen LogP contribution in [-0.2, 0) is 6.54 Å². The predicted octanol–water partition coefficient (Wildman–Crippen LogP) is 4.17. The van der Waals surface area contributed by atoms with Gasteiger partial charge in [0.15, 0.2) is 0 Å². The number of hydrogen-bond acceptors (Lipinski definition) is 5. The monoisotopic (exact) mass is 335 g/mol. The number of halogens is 1. The average molecular weight is 336 g/mol. The first kappa shape index (κ1) is 12.4. The van der Waals surface area contributed by atoms with Crippen LogP contribution in [0, 0.1) is 0 Å². The molecule has 3 rings (SSSR count). The van der Waals surface area contributed by atoms with Crippen molar-refractivity contribution in [1.82, 2.24) is 10.2 Å². The highest BCUT2D eigenvalue weighted by molar-refractivity contribution is 9.10. The quantitative estimate of drug-likeness (QED) is 0.777. The van der Waals surface area contributed by atoms with Gasteiger partial charge in [0.05, 0.1) is 6.54 Å². The summed E-state index contributed by atoms with van der Waals surface area (Å²) >= 11 is 5.24. The molecule has 0 amide bonds. The molecule has 0 radical (unpaired) electrons. The van der Waals surface area contributed by atoms with E-state index in [9.17, 15) is 0 Å². The SMILES string of the molecule is Brc1ccsc1CNc1cccc(-c2nnco2)c1. The Labute approximate surface area is 122 Å². The lowest BCUT2D eigenvalue weighted by atomic mass is 10.2. The van der Waals surface area contributed by atoms with Crippen molar-refractivity contribution < 1.29 is 4.42 Å². The van der Waals surface area contributed by atoms with Crippen molar-refractivity contribution in [2.75, 3.05) is 5.32 Å². The zero-order chi connectivity index (χ0) is 13.1. The van der Waals surface area contributed by atoms with E-state index in [1.807, 2.05) is 24.3 Å². The van der Waals surface area contributed by atoms with E-state index in [0.717, 1.165) is 22.3 Å². The topological polar surface area (TPSA) is 51.0 Å². The van der Waals surface area contributed by atoms with Crippen LogP contribution < -0.4 is 5.32 Å². The van der Waals surface area contributed by atoms with Gasteiger partial charge in [-0.3, -0.25) is 0 Å². The molecule has 0 spiro atoms. The van der Waals surface area contributed by atoms with Crippen LogP contribution in [-0.4, -0.2) is 10.2 Å². The number of nitrogens with one attached hydrogen (secondary N) is 1. The van der Waals surface area contributed by atoms with Gasteiger partial charge in [-0.1, -0.05) is 6.07 Å². The van der Waals surface area contributed by atoms with Gasteiger partial charge in [-0.15, -0.1) is 21.5 Å². The van der Waals surface area contributed by atoms with E-state index in [-0.39, 0.29) is 0 Å². The Morgan fingerprint density at radius 1 is 1.32 bits per heavy atom. The molecule has 0 atom stereocenters. The number of thiophene rings is 1. The maximum atomic E-state index is 5.19. The lowest BCUT2D eigenvalue weighted by Gasteiger charge is -2.06. The molecule has 6 heteroatoms. The minimum absolute atomic E-state index is 0.529. The van der Waals surface area contributed by atoms with E-state index in [2.05, 4.69) is 42.9 Å². The summed E-state index contributed by atoms with van der Waals surface area (Å²) in [5.41, 5.74) is 1.93. The van der Waals surface area contributed by atoms with E-state index in [1.165, 1.54) is 11.3 Å². The fourth-order valence-electron chi connectivity index (χ4n) is 1.69. The molecule has 3 aromatic rings. The van der Waals surface area contributed by atoms with Gasteiger partial charge in [-0.05, 0) is 45.6 Å². The Kier molecular flexibility index (Phi) is 3.61. The Balaban J connectivity index is 1.75. The molecular formula is C13H10BrN3OS. The Morgan fingerprint density at radius 2 is 2.26 bits per heavy atom. The van der Waals surface area contributed by atoms with E-state index in [0.29, 0.717) is 5.89 Å². The van der Waals surface area contributed by atoms with Gasteiger partial charge in [0, 0.05) is 20.6 Å². The van der Waals surface area contributed by atoms with Crippen molar-refractivity contribution in [3.8, 4) is 11.5 Å². The molecule has 0 unspecified atom stereocenters. The van der Waals surface area contributed by atoms with Crippen LogP contribution in [0.5, 0.6) is 0 Å². The first-order chi connectivity index (χ1) is 9.33. The van der Waals surface area contributed by atoms with Crippen molar-refractivity contribution in [1.29, 1.82) is 0 Å². The molecule has 96 valence electrons. The summed E-state index contributed by atoms with van der Waals surface area (Å²) in [6.45, 7) is 0.783. The molecule has 0 bridgehead atoms. The van der Waals surface area contributed by atoms with Crippen molar-refractivity contribution in [3.63, 3.8) is 0 Å². The summed E-state index contributed by atoms with van der Waals surface area (Å²) in [6, 6.07) is 9.97. The summed E-state index contributed by atoms with van der Waals surface area (Å²) in [6.07, 6.45) is 1.33. The maximum absolute atomic E-state index is 5.19. The van der Waals surface area contributed by atoms with Crippen molar-refractivity contribution in [2.24, 2.45) is 0 Å². The third-order valence-corrected chi connectivity index (χ3v) is 4.54. The minimum atomic E-state index is 0.529. The van der Waals surface area contributed by atoms with Crippen LogP contribution in [0.2, 0.25) is 0 Å². The van der Waals surface area contributed by atoms with Gasteiger partial charge in [0.1, 0.15) is 0 Å². The van der Waals surface area contributed by atoms with Gasteiger partial charge in [-0.2, -0.15) is 0 Å². The average Bonchev–Trinajstić information content (AvgIpc) is 3.08. The number of benzene rings is 1. The van der Waals surface area contributed by atoms with Gasteiger partial charge >= 0.3 is 0 Å². The number of nitrogens with zero attached hydrogens (tertiary/aromatic N) is 2. The first-order valence-corrected chi connectivity index (χ1v) is 7.32. The van der Waals surface area contributed by atoms with E-state index in [4.69, 9.17) is 4.42 Å². The normalized spacial score (nSPS) is 10.6. The van der Waals surface area contributed by atoms with Crippen LogP contribution in [0.25, 0.3) is 11.5 Å². The molecule has 4 nitrogen and oxygen atoms in total. The Hall–Kier alpha value is -1.66. The fourth-order valence-corrected chi connectivity index (χ4v) is 3.13.